The summed E-state index contributed by atoms with van der Waals surface area (Å²) in [6.07, 6.45) is 2.64. The van der Waals surface area contributed by atoms with E-state index in [2.05, 4.69) is 16.8 Å². The van der Waals surface area contributed by atoms with Gasteiger partial charge in [0.25, 0.3) is 0 Å². The molecule has 1 aliphatic heterocycles. The van der Waals surface area contributed by atoms with Crippen molar-refractivity contribution in [3.63, 3.8) is 0 Å². The van der Waals surface area contributed by atoms with Gasteiger partial charge in [0, 0.05) is 32.2 Å². The monoisotopic (exact) mass is 286 g/mol. The van der Waals surface area contributed by atoms with E-state index in [0.717, 1.165) is 38.2 Å². The fourth-order valence-electron chi connectivity index (χ4n) is 2.38. The maximum atomic E-state index is 13.4. The first-order chi connectivity index (χ1) is 8.72. The maximum absolute atomic E-state index is 13.4. The van der Waals surface area contributed by atoms with E-state index < -0.39 is 5.82 Å². The van der Waals surface area contributed by atoms with Crippen LogP contribution in [0.4, 0.5) is 4.39 Å². The molecule has 1 aromatic carbocycles. The van der Waals surface area contributed by atoms with Crippen molar-refractivity contribution >= 4 is 12.4 Å². The molecule has 0 unspecified atom stereocenters. The van der Waals surface area contributed by atoms with Crippen LogP contribution in [0.15, 0.2) is 30.9 Å². The van der Waals surface area contributed by atoms with Gasteiger partial charge in [0.05, 0.1) is 0 Å². The minimum absolute atomic E-state index is 0. The molecule has 0 saturated carbocycles. The summed E-state index contributed by atoms with van der Waals surface area (Å²) in [6.45, 7) is 7.57. The van der Waals surface area contributed by atoms with Crippen LogP contribution in [-0.2, 0) is 0 Å². The summed E-state index contributed by atoms with van der Waals surface area (Å²) < 4.78 is 13.4. The standard InChI is InChI=1S/C14H19FN2O.ClH/c1-2-3-13(17-8-6-16-7-9-17)11-4-5-14(18)12(15)10-11;/h2,4-5,10,13,16,18H,1,3,6-9H2;1H/t13-;/m0./s1. The van der Waals surface area contributed by atoms with E-state index in [1.54, 1.807) is 6.07 Å². The zero-order valence-electron chi connectivity index (χ0n) is 10.8. The molecular weight excluding hydrogens is 267 g/mol. The van der Waals surface area contributed by atoms with Crippen LogP contribution in [0.5, 0.6) is 5.75 Å². The highest BCUT2D eigenvalue weighted by Crippen LogP contribution is 2.28. The highest BCUT2D eigenvalue weighted by molar-refractivity contribution is 5.85. The van der Waals surface area contributed by atoms with E-state index in [9.17, 15) is 9.50 Å². The minimum Gasteiger partial charge on any atom is -0.505 e. The van der Waals surface area contributed by atoms with Crippen LogP contribution in [0, 0.1) is 5.82 Å². The second kappa shape index (κ2) is 7.48. The molecule has 0 aliphatic carbocycles. The molecule has 1 atom stereocenters. The number of aromatic hydroxyl groups is 1. The fourth-order valence-corrected chi connectivity index (χ4v) is 2.38. The molecule has 2 N–H and O–H groups in total. The van der Waals surface area contributed by atoms with Gasteiger partial charge < -0.3 is 10.4 Å². The zero-order valence-corrected chi connectivity index (χ0v) is 11.6. The van der Waals surface area contributed by atoms with E-state index in [0.29, 0.717) is 0 Å². The van der Waals surface area contributed by atoms with Crippen molar-refractivity contribution < 1.29 is 9.50 Å². The maximum Gasteiger partial charge on any atom is 0.165 e. The Morgan fingerprint density at radius 1 is 1.42 bits per heavy atom. The first-order valence-electron chi connectivity index (χ1n) is 6.26. The minimum atomic E-state index is -0.559. The summed E-state index contributed by atoms with van der Waals surface area (Å²) >= 11 is 0. The number of piperazine rings is 1. The Morgan fingerprint density at radius 3 is 2.68 bits per heavy atom. The second-order valence-electron chi connectivity index (χ2n) is 4.54. The number of benzene rings is 1. The van der Waals surface area contributed by atoms with Gasteiger partial charge in [0.1, 0.15) is 0 Å². The Morgan fingerprint density at radius 2 is 2.11 bits per heavy atom. The molecule has 0 bridgehead atoms. The number of nitrogens with zero attached hydrogens (tertiary/aromatic N) is 1. The normalized spacial score (nSPS) is 17.5. The van der Waals surface area contributed by atoms with Gasteiger partial charge in [-0.3, -0.25) is 4.90 Å². The SMILES string of the molecule is C=CC[C@@H](c1ccc(O)c(F)c1)N1CCNCC1.Cl. The van der Waals surface area contributed by atoms with Crippen LogP contribution in [0.1, 0.15) is 18.0 Å². The van der Waals surface area contributed by atoms with Crippen molar-refractivity contribution in [2.24, 2.45) is 0 Å². The molecule has 0 amide bonds. The Bertz CT molecular complexity index is 422. The van der Waals surface area contributed by atoms with Crippen LogP contribution in [-0.4, -0.2) is 36.2 Å². The number of rotatable bonds is 4. The molecule has 1 heterocycles. The second-order valence-corrected chi connectivity index (χ2v) is 4.54. The summed E-state index contributed by atoms with van der Waals surface area (Å²) in [6, 6.07) is 4.77. The van der Waals surface area contributed by atoms with Crippen LogP contribution in [0.25, 0.3) is 0 Å². The van der Waals surface area contributed by atoms with E-state index in [1.165, 1.54) is 12.1 Å². The fraction of sp³-hybridized carbons (Fsp3) is 0.429. The van der Waals surface area contributed by atoms with Gasteiger partial charge in [-0.15, -0.1) is 19.0 Å². The van der Waals surface area contributed by atoms with E-state index in [4.69, 9.17) is 0 Å². The Balaban J connectivity index is 0.00000180. The van der Waals surface area contributed by atoms with Crippen LogP contribution >= 0.6 is 12.4 Å². The molecule has 1 aliphatic rings. The molecule has 106 valence electrons. The molecule has 5 heteroatoms. The lowest BCUT2D eigenvalue weighted by Gasteiger charge is -2.34. The Hall–Kier alpha value is -1.10. The zero-order chi connectivity index (χ0) is 13.0. The van der Waals surface area contributed by atoms with Gasteiger partial charge in [0.15, 0.2) is 11.6 Å². The molecular formula is C14H20ClFN2O. The van der Waals surface area contributed by atoms with Gasteiger partial charge in [-0.1, -0.05) is 12.1 Å². The summed E-state index contributed by atoms with van der Waals surface area (Å²) in [5.41, 5.74) is 0.895. The molecule has 0 spiro atoms. The number of hydrogen-bond donors (Lipinski definition) is 2. The van der Waals surface area contributed by atoms with Crippen LogP contribution in [0.3, 0.4) is 0 Å². The average molecular weight is 287 g/mol. The van der Waals surface area contributed by atoms with Crippen molar-refractivity contribution in [2.75, 3.05) is 26.2 Å². The number of hydrogen-bond acceptors (Lipinski definition) is 3. The number of phenols is 1. The third-order valence-electron chi connectivity index (χ3n) is 3.34. The molecule has 1 fully saturated rings. The third kappa shape index (κ3) is 3.93. The lowest BCUT2D eigenvalue weighted by molar-refractivity contribution is 0.174. The van der Waals surface area contributed by atoms with Gasteiger partial charge in [-0.25, -0.2) is 4.39 Å². The van der Waals surface area contributed by atoms with Crippen molar-refractivity contribution in [3.8, 4) is 5.75 Å². The summed E-state index contributed by atoms with van der Waals surface area (Å²) in [5.74, 6) is -0.854. The number of phenolic OH excluding ortho intramolecular Hbond substituents is 1. The Kier molecular flexibility index (Phi) is 6.28. The first kappa shape index (κ1) is 16.0. The molecule has 1 aromatic rings. The molecule has 3 nitrogen and oxygen atoms in total. The summed E-state index contributed by atoms with van der Waals surface area (Å²) in [5, 5.41) is 12.5. The van der Waals surface area contributed by atoms with Crippen molar-refractivity contribution in [2.45, 2.75) is 12.5 Å². The van der Waals surface area contributed by atoms with Gasteiger partial charge in [0.2, 0.25) is 0 Å². The summed E-state index contributed by atoms with van der Waals surface area (Å²) in [4.78, 5) is 2.32. The lowest BCUT2D eigenvalue weighted by atomic mass is 10.0. The van der Waals surface area contributed by atoms with E-state index in [-0.39, 0.29) is 24.2 Å². The lowest BCUT2D eigenvalue weighted by Crippen LogP contribution is -2.45. The quantitative estimate of drug-likeness (QED) is 0.835. The third-order valence-corrected chi connectivity index (χ3v) is 3.34. The topological polar surface area (TPSA) is 35.5 Å². The number of halogens is 2. The summed E-state index contributed by atoms with van der Waals surface area (Å²) in [7, 11) is 0. The van der Waals surface area contributed by atoms with Gasteiger partial charge in [-0.05, 0) is 24.1 Å². The predicted molar refractivity (Wildman–Crippen MR) is 77.3 cm³/mol. The smallest absolute Gasteiger partial charge is 0.165 e. The largest absolute Gasteiger partial charge is 0.505 e. The molecule has 2 rings (SSSR count). The van der Waals surface area contributed by atoms with Crippen LogP contribution < -0.4 is 5.32 Å². The molecule has 1 saturated heterocycles. The highest BCUT2D eigenvalue weighted by Gasteiger charge is 2.21. The first-order valence-corrected chi connectivity index (χ1v) is 6.26. The molecule has 0 aromatic heterocycles. The predicted octanol–water partition coefficient (Wildman–Crippen LogP) is 2.48. The van der Waals surface area contributed by atoms with Crippen molar-refractivity contribution in [1.29, 1.82) is 0 Å². The van der Waals surface area contributed by atoms with E-state index in [1.807, 2.05) is 6.08 Å². The van der Waals surface area contributed by atoms with Gasteiger partial charge in [-0.2, -0.15) is 0 Å². The van der Waals surface area contributed by atoms with Crippen molar-refractivity contribution in [1.82, 2.24) is 10.2 Å². The molecule has 19 heavy (non-hydrogen) atoms. The molecule has 0 radical (unpaired) electrons. The Labute approximate surface area is 119 Å². The van der Waals surface area contributed by atoms with Crippen LogP contribution in [0.2, 0.25) is 0 Å². The van der Waals surface area contributed by atoms with Crippen molar-refractivity contribution in [3.05, 3.63) is 42.2 Å². The van der Waals surface area contributed by atoms with E-state index >= 15 is 0 Å². The van der Waals surface area contributed by atoms with Gasteiger partial charge >= 0.3 is 0 Å². The average Bonchev–Trinajstić information content (AvgIpc) is 2.40. The highest BCUT2D eigenvalue weighted by atomic mass is 35.5. The number of nitrogens with one attached hydrogen (secondary N) is 1.